The van der Waals surface area contributed by atoms with Gasteiger partial charge in [0, 0.05) is 17.9 Å². The van der Waals surface area contributed by atoms with Gasteiger partial charge in [0.1, 0.15) is 0 Å². The molecule has 0 bridgehead atoms. The van der Waals surface area contributed by atoms with Crippen LogP contribution in [0.2, 0.25) is 0 Å². The lowest BCUT2D eigenvalue weighted by atomic mass is 9.95. The van der Waals surface area contributed by atoms with Gasteiger partial charge < -0.3 is 19.8 Å². The molecule has 0 saturated heterocycles. The largest absolute Gasteiger partial charge is 0.550 e. The number of carboxylic acid groups (broad SMARTS) is 2. The lowest BCUT2D eigenvalue weighted by Gasteiger charge is -2.18. The molecule has 4 heteroatoms. The first-order valence-electron chi connectivity index (χ1n) is 4.95. The van der Waals surface area contributed by atoms with Crippen LogP contribution >= 0.6 is 0 Å². The predicted octanol–water partition coefficient (Wildman–Crippen LogP) is -0.956. The Morgan fingerprint density at radius 3 is 2.50 bits per heavy atom. The summed E-state index contributed by atoms with van der Waals surface area (Å²) < 4.78 is 0. The summed E-state index contributed by atoms with van der Waals surface area (Å²) in [7, 11) is 0. The Morgan fingerprint density at radius 2 is 2.00 bits per heavy atom. The minimum atomic E-state index is -1.37. The molecule has 1 aromatic rings. The molecule has 0 aliphatic heterocycles. The van der Waals surface area contributed by atoms with Gasteiger partial charge in [0.25, 0.3) is 0 Å². The fourth-order valence-corrected chi connectivity index (χ4v) is 1.56. The van der Waals surface area contributed by atoms with Crippen LogP contribution in [0.25, 0.3) is 0 Å². The van der Waals surface area contributed by atoms with Crippen molar-refractivity contribution in [2.24, 2.45) is 5.92 Å². The number of hydrogen-bond donors (Lipinski definition) is 0. The number of hydrogen-bond acceptors (Lipinski definition) is 4. The van der Waals surface area contributed by atoms with Crippen LogP contribution in [-0.2, 0) is 16.0 Å². The molecule has 0 aliphatic carbocycles. The van der Waals surface area contributed by atoms with E-state index in [1.54, 1.807) is 12.1 Å². The van der Waals surface area contributed by atoms with E-state index >= 15 is 0 Å². The van der Waals surface area contributed by atoms with Gasteiger partial charge in [-0.2, -0.15) is 0 Å². The van der Waals surface area contributed by atoms with E-state index in [2.05, 4.69) is 0 Å². The van der Waals surface area contributed by atoms with Gasteiger partial charge in [0.05, 0.1) is 0 Å². The summed E-state index contributed by atoms with van der Waals surface area (Å²) in [5.74, 6) is -3.76. The molecule has 0 radical (unpaired) electrons. The average molecular weight is 220 g/mol. The molecule has 0 fully saturated rings. The Hall–Kier alpha value is -1.84. The molecule has 1 unspecified atom stereocenters. The Kier molecular flexibility index (Phi) is 4.05. The summed E-state index contributed by atoms with van der Waals surface area (Å²) in [6.07, 6.45) is -0.367. The van der Waals surface area contributed by atoms with Gasteiger partial charge in [0.2, 0.25) is 0 Å². The second-order valence-corrected chi connectivity index (χ2v) is 3.79. The quantitative estimate of drug-likeness (QED) is 0.640. The summed E-state index contributed by atoms with van der Waals surface area (Å²) in [6, 6.07) is 7.27. The van der Waals surface area contributed by atoms with Crippen molar-refractivity contribution in [3.8, 4) is 0 Å². The van der Waals surface area contributed by atoms with E-state index in [9.17, 15) is 19.8 Å². The van der Waals surface area contributed by atoms with Gasteiger partial charge in [-0.3, -0.25) is 0 Å². The van der Waals surface area contributed by atoms with Gasteiger partial charge in [0.15, 0.2) is 0 Å². The third kappa shape index (κ3) is 3.73. The molecule has 0 aromatic heterocycles. The Labute approximate surface area is 93.5 Å². The molecule has 86 valence electrons. The molecule has 0 aliphatic rings. The van der Waals surface area contributed by atoms with Crippen molar-refractivity contribution < 1.29 is 19.8 Å². The minimum absolute atomic E-state index is 0.151. The van der Waals surface area contributed by atoms with Crippen LogP contribution in [0.5, 0.6) is 0 Å². The molecule has 16 heavy (non-hydrogen) atoms. The van der Waals surface area contributed by atoms with E-state index in [4.69, 9.17) is 0 Å². The second-order valence-electron chi connectivity index (χ2n) is 3.79. The number of aliphatic carboxylic acids is 2. The molecule has 1 atom stereocenters. The molecule has 0 spiro atoms. The number of rotatable bonds is 5. The molecule has 1 aromatic carbocycles. The molecule has 0 heterocycles. The van der Waals surface area contributed by atoms with E-state index in [0.717, 1.165) is 11.1 Å². The summed E-state index contributed by atoms with van der Waals surface area (Å²) in [5, 5.41) is 21.1. The topological polar surface area (TPSA) is 80.3 Å². The fourth-order valence-electron chi connectivity index (χ4n) is 1.56. The second kappa shape index (κ2) is 5.30. The van der Waals surface area contributed by atoms with Crippen LogP contribution in [0.3, 0.4) is 0 Å². The van der Waals surface area contributed by atoms with Crippen LogP contribution in [0.4, 0.5) is 0 Å². The molecule has 0 saturated carbocycles. The van der Waals surface area contributed by atoms with E-state index in [0.29, 0.717) is 0 Å². The Morgan fingerprint density at radius 1 is 1.31 bits per heavy atom. The molecule has 1 rings (SSSR count). The van der Waals surface area contributed by atoms with E-state index < -0.39 is 24.3 Å². The number of carbonyl (C=O) groups excluding carboxylic acids is 2. The number of carbonyl (C=O) groups is 2. The number of aryl methyl sites for hydroxylation is 1. The van der Waals surface area contributed by atoms with E-state index in [-0.39, 0.29) is 6.42 Å². The van der Waals surface area contributed by atoms with Crippen molar-refractivity contribution in [3.63, 3.8) is 0 Å². The minimum Gasteiger partial charge on any atom is -0.550 e. The predicted molar refractivity (Wildman–Crippen MR) is 53.0 cm³/mol. The highest BCUT2D eigenvalue weighted by Gasteiger charge is 2.11. The smallest absolute Gasteiger partial charge is 0.0452 e. The zero-order chi connectivity index (χ0) is 12.1. The lowest BCUT2D eigenvalue weighted by molar-refractivity contribution is -0.320. The van der Waals surface area contributed by atoms with Crippen molar-refractivity contribution in [1.29, 1.82) is 0 Å². The number of benzene rings is 1. The maximum Gasteiger partial charge on any atom is 0.0452 e. The zero-order valence-corrected chi connectivity index (χ0v) is 8.93. The van der Waals surface area contributed by atoms with Crippen molar-refractivity contribution in [1.82, 2.24) is 0 Å². The van der Waals surface area contributed by atoms with Gasteiger partial charge in [-0.05, 0) is 25.3 Å². The van der Waals surface area contributed by atoms with E-state index in [1.807, 2.05) is 19.1 Å². The van der Waals surface area contributed by atoms with E-state index in [1.165, 1.54) is 0 Å². The first-order chi connectivity index (χ1) is 7.49. The van der Waals surface area contributed by atoms with Crippen LogP contribution in [0.1, 0.15) is 17.5 Å². The molecule has 0 amide bonds. The van der Waals surface area contributed by atoms with Crippen molar-refractivity contribution in [2.45, 2.75) is 19.8 Å². The summed E-state index contributed by atoms with van der Waals surface area (Å²) >= 11 is 0. The fraction of sp³-hybridized carbons (Fsp3) is 0.333. The molecule has 4 nitrogen and oxygen atoms in total. The Bertz CT molecular complexity index is 398. The number of carboxylic acids is 2. The highest BCUT2D eigenvalue weighted by Crippen LogP contribution is 2.13. The standard InChI is InChI=1S/C12H14O4/c1-8-3-2-4-9(5-8)6-10(12(15)16)7-11(13)14/h2-5,10H,6-7H2,1H3,(H,13,14)(H,15,16)/p-2. The summed E-state index contributed by atoms with van der Waals surface area (Å²) in [4.78, 5) is 21.1. The van der Waals surface area contributed by atoms with Crippen LogP contribution in [-0.4, -0.2) is 11.9 Å². The Balaban J connectivity index is 2.75. The summed E-state index contributed by atoms with van der Waals surface area (Å²) in [5.41, 5.74) is 1.79. The third-order valence-corrected chi connectivity index (χ3v) is 2.31. The SMILES string of the molecule is Cc1cccc(CC(CC(=O)[O-])C(=O)[O-])c1. The zero-order valence-electron chi connectivity index (χ0n) is 8.93. The molecular formula is C12H12O4-2. The third-order valence-electron chi connectivity index (χ3n) is 2.31. The van der Waals surface area contributed by atoms with Crippen LogP contribution in [0.15, 0.2) is 24.3 Å². The van der Waals surface area contributed by atoms with Crippen LogP contribution < -0.4 is 10.2 Å². The van der Waals surface area contributed by atoms with Gasteiger partial charge >= 0.3 is 0 Å². The maximum atomic E-state index is 10.7. The summed E-state index contributed by atoms with van der Waals surface area (Å²) in [6.45, 7) is 1.89. The highest BCUT2D eigenvalue weighted by atomic mass is 16.4. The normalized spacial score (nSPS) is 12.1. The molecular weight excluding hydrogens is 208 g/mol. The lowest BCUT2D eigenvalue weighted by Crippen LogP contribution is -2.37. The van der Waals surface area contributed by atoms with Crippen molar-refractivity contribution in [2.75, 3.05) is 0 Å². The average Bonchev–Trinajstić information content (AvgIpc) is 2.15. The highest BCUT2D eigenvalue weighted by molar-refractivity contribution is 5.75. The maximum absolute atomic E-state index is 10.7. The molecule has 0 N–H and O–H groups in total. The first-order valence-corrected chi connectivity index (χ1v) is 4.95. The van der Waals surface area contributed by atoms with Crippen LogP contribution in [0, 0.1) is 12.8 Å². The van der Waals surface area contributed by atoms with Gasteiger partial charge in [-0.15, -0.1) is 0 Å². The monoisotopic (exact) mass is 220 g/mol. The van der Waals surface area contributed by atoms with Crippen molar-refractivity contribution >= 4 is 11.9 Å². The van der Waals surface area contributed by atoms with Gasteiger partial charge in [-0.1, -0.05) is 29.8 Å². The van der Waals surface area contributed by atoms with Crippen molar-refractivity contribution in [3.05, 3.63) is 35.4 Å². The first kappa shape index (κ1) is 12.2. The van der Waals surface area contributed by atoms with Gasteiger partial charge in [-0.25, -0.2) is 0 Å².